The molecule has 108 valence electrons. The summed E-state index contributed by atoms with van der Waals surface area (Å²) in [4.78, 5) is 11.5. The number of Topliss-reactive ketones (excluding diaryl/α,β-unsaturated/α-hetero) is 1. The Morgan fingerprint density at radius 3 is 2.90 bits per heavy atom. The molecule has 0 bridgehead atoms. The van der Waals surface area contributed by atoms with Gasteiger partial charge < -0.3 is 15.8 Å². The highest BCUT2D eigenvalue weighted by Gasteiger charge is 2.21. The van der Waals surface area contributed by atoms with Gasteiger partial charge in [0.15, 0.2) is 5.78 Å². The number of nitrogen functional groups attached to an aromatic ring is 1. The minimum Gasteiger partial charge on any atom is -0.488 e. The highest BCUT2D eigenvalue weighted by atomic mass is 16.5. The molecule has 0 saturated heterocycles. The molecule has 0 amide bonds. The smallest absolute Gasteiger partial charge is 0.161 e. The number of nitrogens with two attached hydrogens (primary N) is 1. The van der Waals surface area contributed by atoms with Gasteiger partial charge in [-0.1, -0.05) is 18.2 Å². The lowest BCUT2D eigenvalue weighted by Gasteiger charge is -2.14. The molecule has 2 aromatic carbocycles. The first kappa shape index (κ1) is 13.5. The molecule has 0 aromatic heterocycles. The van der Waals surface area contributed by atoms with Gasteiger partial charge in [0.05, 0.1) is 6.54 Å². The molecule has 1 heterocycles. The molecule has 1 aliphatic rings. The Bertz CT molecular complexity index is 657. The largest absolute Gasteiger partial charge is 0.488 e. The maximum absolute atomic E-state index is 11.5. The van der Waals surface area contributed by atoms with E-state index in [-0.39, 0.29) is 11.9 Å². The van der Waals surface area contributed by atoms with Crippen LogP contribution in [0.2, 0.25) is 0 Å². The second kappa shape index (κ2) is 5.48. The van der Waals surface area contributed by atoms with E-state index in [0.29, 0.717) is 17.8 Å². The number of ketones is 1. The van der Waals surface area contributed by atoms with E-state index in [1.165, 1.54) is 12.5 Å². The van der Waals surface area contributed by atoms with Crippen molar-refractivity contribution >= 4 is 17.2 Å². The Morgan fingerprint density at radius 1 is 1.33 bits per heavy atom. The Balaban J connectivity index is 1.64. The molecular formula is C17H18N2O2. The maximum Gasteiger partial charge on any atom is 0.161 e. The number of hydrogen-bond acceptors (Lipinski definition) is 4. The lowest BCUT2D eigenvalue weighted by atomic mass is 10.1. The van der Waals surface area contributed by atoms with Crippen LogP contribution < -0.4 is 15.8 Å². The van der Waals surface area contributed by atoms with Crippen molar-refractivity contribution in [3.63, 3.8) is 0 Å². The number of ether oxygens (including phenoxy) is 1. The van der Waals surface area contributed by atoms with Crippen LogP contribution in [0, 0.1) is 0 Å². The van der Waals surface area contributed by atoms with Crippen LogP contribution in [0.25, 0.3) is 0 Å². The summed E-state index contributed by atoms with van der Waals surface area (Å²) in [5.41, 5.74) is 8.98. The number of para-hydroxylation sites is 1. The number of benzene rings is 2. The van der Waals surface area contributed by atoms with Crippen molar-refractivity contribution in [1.29, 1.82) is 0 Å². The van der Waals surface area contributed by atoms with Gasteiger partial charge in [-0.15, -0.1) is 0 Å². The summed E-state index contributed by atoms with van der Waals surface area (Å²) in [6.45, 7) is 2.21. The predicted molar refractivity (Wildman–Crippen MR) is 83.9 cm³/mol. The monoisotopic (exact) mass is 282 g/mol. The number of nitrogens with one attached hydrogen (secondary N) is 1. The molecule has 1 aliphatic heterocycles. The second-order valence-electron chi connectivity index (χ2n) is 5.29. The third kappa shape index (κ3) is 2.84. The van der Waals surface area contributed by atoms with Gasteiger partial charge in [-0.05, 0) is 36.8 Å². The second-order valence-corrected chi connectivity index (χ2v) is 5.29. The Morgan fingerprint density at radius 2 is 2.14 bits per heavy atom. The fourth-order valence-electron chi connectivity index (χ4n) is 2.57. The summed E-state index contributed by atoms with van der Waals surface area (Å²) >= 11 is 0. The van der Waals surface area contributed by atoms with Crippen LogP contribution >= 0.6 is 0 Å². The third-order valence-electron chi connectivity index (χ3n) is 3.68. The quantitative estimate of drug-likeness (QED) is 0.668. The van der Waals surface area contributed by atoms with Gasteiger partial charge in [-0.2, -0.15) is 0 Å². The van der Waals surface area contributed by atoms with E-state index in [1.54, 1.807) is 12.1 Å². The van der Waals surface area contributed by atoms with Crippen LogP contribution in [0.4, 0.5) is 11.4 Å². The van der Waals surface area contributed by atoms with Gasteiger partial charge in [0.1, 0.15) is 11.9 Å². The van der Waals surface area contributed by atoms with Crippen molar-refractivity contribution in [2.75, 3.05) is 17.6 Å². The van der Waals surface area contributed by atoms with E-state index >= 15 is 0 Å². The number of carbonyl (C=O) groups excluding carboxylic acids is 1. The van der Waals surface area contributed by atoms with Gasteiger partial charge in [-0.25, -0.2) is 0 Å². The average molecular weight is 282 g/mol. The zero-order chi connectivity index (χ0) is 14.8. The zero-order valence-corrected chi connectivity index (χ0v) is 11.9. The van der Waals surface area contributed by atoms with Crippen LogP contribution in [0.3, 0.4) is 0 Å². The molecule has 0 spiro atoms. The molecule has 1 atom stereocenters. The van der Waals surface area contributed by atoms with Gasteiger partial charge in [0.2, 0.25) is 0 Å². The van der Waals surface area contributed by atoms with Crippen molar-refractivity contribution in [2.45, 2.75) is 19.4 Å². The topological polar surface area (TPSA) is 64.3 Å². The molecule has 21 heavy (non-hydrogen) atoms. The number of rotatable bonds is 4. The average Bonchev–Trinajstić information content (AvgIpc) is 2.89. The van der Waals surface area contributed by atoms with Gasteiger partial charge in [0.25, 0.3) is 0 Å². The lowest BCUT2D eigenvalue weighted by Crippen LogP contribution is -2.24. The Kier molecular flexibility index (Phi) is 3.52. The van der Waals surface area contributed by atoms with E-state index < -0.39 is 0 Å². The summed E-state index contributed by atoms with van der Waals surface area (Å²) in [5, 5.41) is 3.31. The van der Waals surface area contributed by atoms with E-state index in [4.69, 9.17) is 10.5 Å². The van der Waals surface area contributed by atoms with E-state index in [2.05, 4.69) is 11.4 Å². The lowest BCUT2D eigenvalue weighted by molar-refractivity contribution is 0.101. The number of anilines is 2. The molecule has 4 heteroatoms. The fourth-order valence-corrected chi connectivity index (χ4v) is 2.57. The zero-order valence-electron chi connectivity index (χ0n) is 11.9. The first-order chi connectivity index (χ1) is 10.1. The van der Waals surface area contributed by atoms with Crippen LogP contribution in [-0.4, -0.2) is 18.4 Å². The summed E-state index contributed by atoms with van der Waals surface area (Å²) in [6, 6.07) is 13.5. The molecule has 4 nitrogen and oxygen atoms in total. The number of carbonyl (C=O) groups is 1. The Labute approximate surface area is 123 Å². The van der Waals surface area contributed by atoms with Crippen LogP contribution in [-0.2, 0) is 6.42 Å². The standard InChI is InChI=1S/C17H18N2O2/c1-11(20)15-9-13(6-7-16(15)18)19-10-14-8-12-4-2-3-5-17(12)21-14/h2-7,9,14,19H,8,10,18H2,1H3. The van der Waals surface area contributed by atoms with Crippen LogP contribution in [0.5, 0.6) is 5.75 Å². The van der Waals surface area contributed by atoms with Gasteiger partial charge in [0, 0.05) is 23.4 Å². The predicted octanol–water partition coefficient (Wildman–Crippen LogP) is 2.89. The molecule has 0 aliphatic carbocycles. The fraction of sp³-hybridized carbons (Fsp3) is 0.235. The van der Waals surface area contributed by atoms with Crippen molar-refractivity contribution in [1.82, 2.24) is 0 Å². The first-order valence-electron chi connectivity index (χ1n) is 7.02. The molecule has 3 N–H and O–H groups in total. The molecule has 1 unspecified atom stereocenters. The summed E-state index contributed by atoms with van der Waals surface area (Å²) in [7, 11) is 0. The van der Waals surface area contributed by atoms with Crippen LogP contribution in [0.1, 0.15) is 22.8 Å². The molecule has 3 rings (SSSR count). The summed E-state index contributed by atoms with van der Waals surface area (Å²) < 4.78 is 5.88. The highest BCUT2D eigenvalue weighted by molar-refractivity contribution is 6.00. The maximum atomic E-state index is 11.5. The number of hydrogen-bond donors (Lipinski definition) is 2. The summed E-state index contributed by atoms with van der Waals surface area (Å²) in [6.07, 6.45) is 1.01. The van der Waals surface area contributed by atoms with Gasteiger partial charge >= 0.3 is 0 Å². The highest BCUT2D eigenvalue weighted by Crippen LogP contribution is 2.28. The first-order valence-corrected chi connectivity index (χ1v) is 7.02. The number of fused-ring (bicyclic) bond motifs is 1. The van der Waals surface area contributed by atoms with E-state index in [0.717, 1.165) is 17.9 Å². The molecule has 0 radical (unpaired) electrons. The minimum atomic E-state index is -0.0272. The Hall–Kier alpha value is -2.49. The van der Waals surface area contributed by atoms with Crippen molar-refractivity contribution in [3.05, 3.63) is 53.6 Å². The molecule has 2 aromatic rings. The van der Waals surface area contributed by atoms with Crippen molar-refractivity contribution in [3.8, 4) is 5.75 Å². The van der Waals surface area contributed by atoms with E-state index in [1.807, 2.05) is 24.3 Å². The third-order valence-corrected chi connectivity index (χ3v) is 3.68. The van der Waals surface area contributed by atoms with Crippen LogP contribution in [0.15, 0.2) is 42.5 Å². The summed E-state index contributed by atoms with van der Waals surface area (Å²) in [5.74, 6) is 0.937. The SMILES string of the molecule is CC(=O)c1cc(NCC2Cc3ccccc3O2)ccc1N. The normalized spacial score (nSPS) is 16.1. The van der Waals surface area contributed by atoms with Crippen molar-refractivity contribution in [2.24, 2.45) is 0 Å². The minimum absolute atomic E-state index is 0.0272. The molecule has 0 saturated carbocycles. The van der Waals surface area contributed by atoms with Gasteiger partial charge in [-0.3, -0.25) is 4.79 Å². The molecule has 0 fully saturated rings. The van der Waals surface area contributed by atoms with E-state index in [9.17, 15) is 4.79 Å². The van der Waals surface area contributed by atoms with Crippen molar-refractivity contribution < 1.29 is 9.53 Å². The molecular weight excluding hydrogens is 264 g/mol.